The molecule has 2 amide bonds. The normalized spacial score (nSPS) is 15.4. The summed E-state index contributed by atoms with van der Waals surface area (Å²) in [4.78, 5) is 27.0. The Bertz CT molecular complexity index is 773. The molecule has 1 aliphatic rings. The van der Waals surface area contributed by atoms with E-state index in [0.29, 0.717) is 23.7 Å². The minimum Gasteiger partial charge on any atom is -0.459 e. The maximum absolute atomic E-state index is 13.0. The number of nitrogens with zero attached hydrogens (tertiary/aromatic N) is 1. The molecule has 1 unspecified atom stereocenters. The van der Waals surface area contributed by atoms with Crippen molar-refractivity contribution >= 4 is 29.9 Å². The molecule has 0 spiro atoms. The van der Waals surface area contributed by atoms with Gasteiger partial charge in [0.15, 0.2) is 5.76 Å². The average molecular weight is 406 g/mol. The highest BCUT2D eigenvalue weighted by Gasteiger charge is 2.26. The summed E-state index contributed by atoms with van der Waals surface area (Å²) in [6, 6.07) is 10.3. The number of anilines is 1. The minimum absolute atomic E-state index is 0. The summed E-state index contributed by atoms with van der Waals surface area (Å²) in [5, 5.41) is 3.10. The number of para-hydroxylation sites is 1. The van der Waals surface area contributed by atoms with E-state index < -0.39 is 0 Å². The van der Waals surface area contributed by atoms with E-state index in [4.69, 9.17) is 10.2 Å². The van der Waals surface area contributed by atoms with E-state index in [2.05, 4.69) is 5.32 Å². The van der Waals surface area contributed by atoms with Gasteiger partial charge in [0.2, 0.25) is 0 Å². The predicted molar refractivity (Wildman–Crippen MR) is 112 cm³/mol. The van der Waals surface area contributed by atoms with Crippen LogP contribution in [0.25, 0.3) is 0 Å². The van der Waals surface area contributed by atoms with Crippen molar-refractivity contribution in [2.75, 3.05) is 18.5 Å². The van der Waals surface area contributed by atoms with Gasteiger partial charge in [-0.3, -0.25) is 9.59 Å². The van der Waals surface area contributed by atoms with Crippen molar-refractivity contribution in [1.82, 2.24) is 5.32 Å². The summed E-state index contributed by atoms with van der Waals surface area (Å²) in [5.74, 6) is 0.144. The summed E-state index contributed by atoms with van der Waals surface area (Å²) in [6.07, 6.45) is 7.28. The lowest BCUT2D eigenvalue weighted by molar-refractivity contribution is 0.0916. The van der Waals surface area contributed by atoms with Gasteiger partial charge in [-0.1, -0.05) is 31.4 Å². The molecule has 2 aromatic rings. The van der Waals surface area contributed by atoms with Crippen LogP contribution in [0.4, 0.5) is 5.69 Å². The van der Waals surface area contributed by atoms with Gasteiger partial charge in [0.25, 0.3) is 11.8 Å². The van der Waals surface area contributed by atoms with Gasteiger partial charge in [-0.25, -0.2) is 0 Å². The van der Waals surface area contributed by atoms with Crippen molar-refractivity contribution in [3.8, 4) is 0 Å². The first kappa shape index (κ1) is 22.0. The van der Waals surface area contributed by atoms with Crippen LogP contribution in [-0.4, -0.2) is 31.4 Å². The van der Waals surface area contributed by atoms with Gasteiger partial charge in [0, 0.05) is 19.6 Å². The van der Waals surface area contributed by atoms with Crippen LogP contribution in [0.5, 0.6) is 0 Å². The molecular formula is C21H28ClN3O3. The van der Waals surface area contributed by atoms with E-state index >= 15 is 0 Å². The van der Waals surface area contributed by atoms with Gasteiger partial charge in [0.05, 0.1) is 17.5 Å². The molecule has 1 aliphatic carbocycles. The standard InChI is InChI=1S/C21H27N3O3.ClH/c1-24(21(26)19-12-7-13-27-19)18-11-6-5-10-16(18)20(25)23-17(14-22)15-8-3-2-4-9-15;/h5-7,10-13,15,17H,2-4,8-9,14,22H2,1H3,(H,23,25);1H. The molecular weight excluding hydrogens is 378 g/mol. The molecule has 1 heterocycles. The second kappa shape index (κ2) is 10.3. The second-order valence-corrected chi connectivity index (χ2v) is 7.07. The summed E-state index contributed by atoms with van der Waals surface area (Å²) < 4.78 is 5.19. The summed E-state index contributed by atoms with van der Waals surface area (Å²) in [5.41, 5.74) is 6.94. The van der Waals surface area contributed by atoms with Crippen molar-refractivity contribution in [2.24, 2.45) is 11.7 Å². The molecule has 0 radical (unpaired) electrons. The number of nitrogens with two attached hydrogens (primary N) is 1. The third kappa shape index (κ3) is 4.94. The number of halogens is 1. The number of carbonyl (C=O) groups is 2. The lowest BCUT2D eigenvalue weighted by Gasteiger charge is -2.30. The second-order valence-electron chi connectivity index (χ2n) is 7.07. The lowest BCUT2D eigenvalue weighted by atomic mass is 9.84. The van der Waals surface area contributed by atoms with Gasteiger partial charge >= 0.3 is 0 Å². The fourth-order valence-electron chi connectivity index (χ4n) is 3.78. The van der Waals surface area contributed by atoms with Crippen LogP contribution in [0.3, 0.4) is 0 Å². The summed E-state index contributed by atoms with van der Waals surface area (Å²) in [6.45, 7) is 0.416. The fraction of sp³-hybridized carbons (Fsp3) is 0.429. The average Bonchev–Trinajstić information content (AvgIpc) is 3.26. The quantitative estimate of drug-likeness (QED) is 0.768. The van der Waals surface area contributed by atoms with Gasteiger partial charge in [-0.05, 0) is 43.0 Å². The molecule has 0 saturated heterocycles. The third-order valence-corrected chi connectivity index (χ3v) is 5.34. The highest BCUT2D eigenvalue weighted by Crippen LogP contribution is 2.27. The molecule has 0 aliphatic heterocycles. The number of amides is 2. The van der Waals surface area contributed by atoms with Crippen LogP contribution in [0.1, 0.15) is 53.0 Å². The van der Waals surface area contributed by atoms with Crippen LogP contribution in [0.15, 0.2) is 47.1 Å². The van der Waals surface area contributed by atoms with Gasteiger partial charge in [-0.2, -0.15) is 0 Å². The molecule has 7 heteroatoms. The molecule has 3 rings (SSSR count). The van der Waals surface area contributed by atoms with Crippen molar-refractivity contribution in [3.05, 3.63) is 54.0 Å². The van der Waals surface area contributed by atoms with Crippen molar-refractivity contribution in [1.29, 1.82) is 0 Å². The highest BCUT2D eigenvalue weighted by atomic mass is 35.5. The maximum atomic E-state index is 13.0. The molecule has 1 fully saturated rings. The topological polar surface area (TPSA) is 88.6 Å². The monoisotopic (exact) mass is 405 g/mol. The zero-order valence-corrected chi connectivity index (χ0v) is 16.9. The van der Waals surface area contributed by atoms with Crippen molar-refractivity contribution < 1.29 is 14.0 Å². The first-order chi connectivity index (χ1) is 13.1. The minimum atomic E-state index is -0.303. The number of benzene rings is 1. The Morgan fingerprint density at radius 2 is 1.89 bits per heavy atom. The maximum Gasteiger partial charge on any atom is 0.293 e. The fourth-order valence-corrected chi connectivity index (χ4v) is 3.78. The Labute approximate surface area is 171 Å². The van der Waals surface area contributed by atoms with Gasteiger partial charge in [0.1, 0.15) is 0 Å². The van der Waals surface area contributed by atoms with Crippen LogP contribution in [0.2, 0.25) is 0 Å². The van der Waals surface area contributed by atoms with Crippen LogP contribution in [0, 0.1) is 5.92 Å². The zero-order chi connectivity index (χ0) is 19.2. The number of hydrogen-bond acceptors (Lipinski definition) is 4. The van der Waals surface area contributed by atoms with Crippen molar-refractivity contribution in [3.63, 3.8) is 0 Å². The van der Waals surface area contributed by atoms with Crippen LogP contribution >= 0.6 is 12.4 Å². The van der Waals surface area contributed by atoms with E-state index in [0.717, 1.165) is 12.8 Å². The predicted octanol–water partition coefficient (Wildman–Crippen LogP) is 3.62. The molecule has 0 bridgehead atoms. The summed E-state index contributed by atoms with van der Waals surface area (Å²) in [7, 11) is 1.64. The zero-order valence-electron chi connectivity index (χ0n) is 16.1. The molecule has 28 heavy (non-hydrogen) atoms. The Morgan fingerprint density at radius 1 is 1.18 bits per heavy atom. The number of rotatable bonds is 6. The van der Waals surface area contributed by atoms with Crippen LogP contribution < -0.4 is 16.0 Å². The number of carbonyl (C=O) groups excluding carboxylic acids is 2. The molecule has 1 aromatic carbocycles. The van der Waals surface area contributed by atoms with Gasteiger partial charge in [-0.15, -0.1) is 12.4 Å². The largest absolute Gasteiger partial charge is 0.459 e. The van der Waals surface area contributed by atoms with E-state index in [-0.39, 0.29) is 36.0 Å². The Balaban J connectivity index is 0.00000280. The van der Waals surface area contributed by atoms with Crippen molar-refractivity contribution in [2.45, 2.75) is 38.1 Å². The first-order valence-corrected chi connectivity index (χ1v) is 9.53. The van der Waals surface area contributed by atoms with E-state index in [1.807, 2.05) is 0 Å². The number of hydrogen-bond donors (Lipinski definition) is 2. The molecule has 3 N–H and O–H groups in total. The molecule has 1 atom stereocenters. The van der Waals surface area contributed by atoms with E-state index in [9.17, 15) is 9.59 Å². The molecule has 152 valence electrons. The van der Waals surface area contributed by atoms with E-state index in [1.54, 1.807) is 43.4 Å². The molecule has 6 nitrogen and oxygen atoms in total. The van der Waals surface area contributed by atoms with E-state index in [1.165, 1.54) is 30.4 Å². The SMILES string of the molecule is CN(C(=O)c1ccco1)c1ccccc1C(=O)NC(CN)C1CCCCC1.Cl. The number of furan rings is 1. The molecule has 1 saturated carbocycles. The lowest BCUT2D eigenvalue weighted by Crippen LogP contribution is -2.46. The highest BCUT2D eigenvalue weighted by molar-refractivity contribution is 6.09. The Morgan fingerprint density at radius 3 is 2.54 bits per heavy atom. The van der Waals surface area contributed by atoms with Gasteiger partial charge < -0.3 is 20.4 Å². The molecule has 1 aromatic heterocycles. The third-order valence-electron chi connectivity index (χ3n) is 5.34. The Kier molecular flexibility index (Phi) is 8.08. The Hall–Kier alpha value is -2.31. The first-order valence-electron chi connectivity index (χ1n) is 9.53. The summed E-state index contributed by atoms with van der Waals surface area (Å²) >= 11 is 0. The smallest absolute Gasteiger partial charge is 0.293 e. The van der Waals surface area contributed by atoms with Crippen LogP contribution in [-0.2, 0) is 0 Å². The number of nitrogens with one attached hydrogen (secondary N) is 1.